The average Bonchev–Trinajstić information content (AvgIpc) is 2.37. The molecule has 3 N–H and O–H groups in total. The van der Waals surface area contributed by atoms with Crippen LogP contribution in [0.15, 0.2) is 6.33 Å². The minimum atomic E-state index is -1.42. The first-order valence-corrected chi connectivity index (χ1v) is 10.1. The van der Waals surface area contributed by atoms with Gasteiger partial charge in [-0.2, -0.15) is 0 Å². The topological polar surface area (TPSA) is 67.1 Å². The molecule has 0 spiro atoms. The van der Waals surface area contributed by atoms with Gasteiger partial charge >= 0.3 is 0 Å². The third-order valence-electron chi connectivity index (χ3n) is 2.84. The van der Waals surface area contributed by atoms with E-state index >= 15 is 0 Å². The van der Waals surface area contributed by atoms with Crippen LogP contribution in [0.25, 0.3) is 0 Å². The first-order chi connectivity index (χ1) is 8.97. The van der Waals surface area contributed by atoms with E-state index in [1.54, 1.807) is 6.33 Å². The second-order valence-electron chi connectivity index (χ2n) is 5.70. The van der Waals surface area contributed by atoms with Crippen molar-refractivity contribution in [1.82, 2.24) is 15.3 Å². The standard InChI is InChI=1S/C13H21N5Si/c1-19(2,3)9-4-11-12(14)13(17-10-16-11)18-7-5-15-6-8-18/h10,15H,5-8,14H2,1-3H3. The van der Waals surface area contributed by atoms with E-state index in [-0.39, 0.29) is 0 Å². The molecule has 1 aromatic heterocycles. The van der Waals surface area contributed by atoms with Crippen LogP contribution in [-0.4, -0.2) is 44.2 Å². The minimum Gasteiger partial charge on any atom is -0.393 e. The first-order valence-electron chi connectivity index (χ1n) is 6.57. The fraction of sp³-hybridized carbons (Fsp3) is 0.538. The number of anilines is 2. The Morgan fingerprint density at radius 3 is 2.58 bits per heavy atom. The van der Waals surface area contributed by atoms with Crippen molar-refractivity contribution in [3.63, 3.8) is 0 Å². The second kappa shape index (κ2) is 5.59. The molecule has 0 unspecified atom stereocenters. The Kier molecular flexibility index (Phi) is 4.07. The van der Waals surface area contributed by atoms with Crippen molar-refractivity contribution in [2.24, 2.45) is 0 Å². The maximum Gasteiger partial charge on any atom is 0.156 e. The summed E-state index contributed by atoms with van der Waals surface area (Å²) in [6.45, 7) is 10.4. The van der Waals surface area contributed by atoms with Gasteiger partial charge < -0.3 is 16.0 Å². The van der Waals surface area contributed by atoms with Gasteiger partial charge in [0.2, 0.25) is 0 Å². The fourth-order valence-corrected chi connectivity index (χ4v) is 2.35. The number of piperazine rings is 1. The Balaban J connectivity index is 2.29. The molecule has 0 radical (unpaired) electrons. The molecule has 1 aromatic rings. The molecule has 2 rings (SSSR count). The molecule has 1 aliphatic rings. The van der Waals surface area contributed by atoms with E-state index in [4.69, 9.17) is 5.73 Å². The SMILES string of the molecule is C[Si](C)(C)C#Cc1ncnc(N2CCNCC2)c1N. The molecule has 0 bridgehead atoms. The van der Waals surface area contributed by atoms with Gasteiger partial charge in [-0.15, -0.1) is 5.54 Å². The van der Waals surface area contributed by atoms with Gasteiger partial charge in [-0.05, 0) is 0 Å². The molecule has 6 heteroatoms. The predicted octanol–water partition coefficient (Wildman–Crippen LogP) is 0.697. The van der Waals surface area contributed by atoms with E-state index < -0.39 is 8.07 Å². The molecule has 19 heavy (non-hydrogen) atoms. The lowest BCUT2D eigenvalue weighted by atomic mass is 10.3. The molecule has 0 aliphatic carbocycles. The van der Waals surface area contributed by atoms with Gasteiger partial charge in [0.25, 0.3) is 0 Å². The molecule has 1 fully saturated rings. The Morgan fingerprint density at radius 2 is 1.95 bits per heavy atom. The number of nitrogens with zero attached hydrogens (tertiary/aromatic N) is 3. The average molecular weight is 275 g/mol. The Morgan fingerprint density at radius 1 is 1.26 bits per heavy atom. The number of nitrogen functional groups attached to an aromatic ring is 1. The first kappa shape index (κ1) is 13.8. The summed E-state index contributed by atoms with van der Waals surface area (Å²) >= 11 is 0. The summed E-state index contributed by atoms with van der Waals surface area (Å²) in [6.07, 6.45) is 1.56. The molecule has 5 nitrogen and oxygen atoms in total. The zero-order valence-electron chi connectivity index (χ0n) is 11.8. The van der Waals surface area contributed by atoms with E-state index in [1.165, 1.54) is 0 Å². The van der Waals surface area contributed by atoms with Crippen LogP contribution < -0.4 is 16.0 Å². The van der Waals surface area contributed by atoms with Crippen LogP contribution in [0.4, 0.5) is 11.5 Å². The van der Waals surface area contributed by atoms with Crippen molar-refractivity contribution >= 4 is 19.6 Å². The lowest BCUT2D eigenvalue weighted by molar-refractivity contribution is 0.585. The minimum absolute atomic E-state index is 0.607. The predicted molar refractivity (Wildman–Crippen MR) is 81.8 cm³/mol. The van der Waals surface area contributed by atoms with Crippen LogP contribution >= 0.6 is 0 Å². The summed E-state index contributed by atoms with van der Waals surface area (Å²) in [6, 6.07) is 0. The van der Waals surface area contributed by atoms with Gasteiger partial charge in [-0.3, -0.25) is 0 Å². The molecule has 102 valence electrons. The summed E-state index contributed by atoms with van der Waals surface area (Å²) < 4.78 is 0. The second-order valence-corrected chi connectivity index (χ2v) is 10.4. The van der Waals surface area contributed by atoms with Gasteiger partial charge in [-0.25, -0.2) is 9.97 Å². The highest BCUT2D eigenvalue weighted by Crippen LogP contribution is 2.22. The highest BCUT2D eigenvalue weighted by Gasteiger charge is 2.16. The largest absolute Gasteiger partial charge is 0.393 e. The number of aromatic nitrogens is 2. The van der Waals surface area contributed by atoms with Crippen LogP contribution in [0.3, 0.4) is 0 Å². The number of hydrogen-bond acceptors (Lipinski definition) is 5. The molecule has 0 aromatic carbocycles. The molecule has 0 atom stereocenters. The Hall–Kier alpha value is -1.58. The van der Waals surface area contributed by atoms with Gasteiger partial charge in [0, 0.05) is 26.2 Å². The maximum atomic E-state index is 6.17. The number of hydrogen-bond donors (Lipinski definition) is 2. The van der Waals surface area contributed by atoms with Gasteiger partial charge in [0.15, 0.2) is 5.82 Å². The highest BCUT2D eigenvalue weighted by atomic mass is 28.3. The van der Waals surface area contributed by atoms with E-state index in [0.717, 1.165) is 32.0 Å². The molecule has 0 amide bonds. The molecule has 1 saturated heterocycles. The van der Waals surface area contributed by atoms with Crippen LogP contribution in [0.1, 0.15) is 5.69 Å². The molecular weight excluding hydrogens is 254 g/mol. The zero-order chi connectivity index (χ0) is 13.9. The van der Waals surface area contributed by atoms with Crippen molar-refractivity contribution < 1.29 is 0 Å². The van der Waals surface area contributed by atoms with Crippen LogP contribution in [0.5, 0.6) is 0 Å². The van der Waals surface area contributed by atoms with Gasteiger partial charge in [0.05, 0.1) is 0 Å². The van der Waals surface area contributed by atoms with Gasteiger partial charge in [0.1, 0.15) is 25.8 Å². The van der Waals surface area contributed by atoms with Crippen molar-refractivity contribution in [2.75, 3.05) is 36.8 Å². The lowest BCUT2D eigenvalue weighted by Gasteiger charge is -2.29. The van der Waals surface area contributed by atoms with E-state index in [2.05, 4.69) is 51.3 Å². The smallest absolute Gasteiger partial charge is 0.156 e. The van der Waals surface area contributed by atoms with Crippen molar-refractivity contribution in [2.45, 2.75) is 19.6 Å². The third-order valence-corrected chi connectivity index (χ3v) is 3.71. The summed E-state index contributed by atoms with van der Waals surface area (Å²) in [5, 5.41) is 3.32. The maximum absolute atomic E-state index is 6.17. The fourth-order valence-electron chi connectivity index (χ4n) is 1.86. The number of nitrogens with two attached hydrogens (primary N) is 1. The number of nitrogens with one attached hydrogen (secondary N) is 1. The van der Waals surface area contributed by atoms with E-state index in [9.17, 15) is 0 Å². The van der Waals surface area contributed by atoms with E-state index in [1.807, 2.05) is 0 Å². The molecular formula is C13H21N5Si. The summed E-state index contributed by atoms with van der Waals surface area (Å²) in [5.74, 6) is 3.94. The Bertz CT molecular complexity index is 506. The quantitative estimate of drug-likeness (QED) is 0.583. The van der Waals surface area contributed by atoms with Crippen LogP contribution in [0, 0.1) is 11.5 Å². The lowest BCUT2D eigenvalue weighted by Crippen LogP contribution is -2.44. The van der Waals surface area contributed by atoms with Crippen molar-refractivity contribution in [3.05, 3.63) is 12.0 Å². The summed E-state index contributed by atoms with van der Waals surface area (Å²) in [5.41, 5.74) is 10.7. The van der Waals surface area contributed by atoms with Gasteiger partial charge in [-0.1, -0.05) is 25.6 Å². The molecule has 1 aliphatic heterocycles. The normalized spacial score (nSPS) is 15.8. The van der Waals surface area contributed by atoms with Crippen LogP contribution in [0.2, 0.25) is 19.6 Å². The zero-order valence-corrected chi connectivity index (χ0v) is 12.8. The van der Waals surface area contributed by atoms with Crippen molar-refractivity contribution in [3.8, 4) is 11.5 Å². The molecule has 0 saturated carbocycles. The Labute approximate surface area is 115 Å². The monoisotopic (exact) mass is 275 g/mol. The highest BCUT2D eigenvalue weighted by molar-refractivity contribution is 6.83. The van der Waals surface area contributed by atoms with E-state index in [0.29, 0.717) is 11.4 Å². The number of rotatable bonds is 1. The van der Waals surface area contributed by atoms with Crippen molar-refractivity contribution in [1.29, 1.82) is 0 Å². The van der Waals surface area contributed by atoms with Crippen LogP contribution in [-0.2, 0) is 0 Å². The third kappa shape index (κ3) is 3.69. The molecule has 2 heterocycles. The summed E-state index contributed by atoms with van der Waals surface area (Å²) in [4.78, 5) is 10.7. The summed E-state index contributed by atoms with van der Waals surface area (Å²) in [7, 11) is -1.42.